The first kappa shape index (κ1) is 16.8. The molecule has 21 heavy (non-hydrogen) atoms. The molecule has 0 aliphatic carbocycles. The van der Waals surface area contributed by atoms with Crippen LogP contribution in [0.3, 0.4) is 0 Å². The van der Waals surface area contributed by atoms with Crippen LogP contribution in [0.1, 0.15) is 50.9 Å². The molecular weight excluding hydrogens is 321 g/mol. The topological polar surface area (TPSA) is 12.0 Å². The third-order valence-corrected chi connectivity index (χ3v) is 5.08. The maximum Gasteiger partial charge on any atom is 0.0991 e. The second-order valence-electron chi connectivity index (χ2n) is 6.38. The highest BCUT2D eigenvalue weighted by Crippen LogP contribution is 2.39. The van der Waals surface area contributed by atoms with E-state index in [-0.39, 0.29) is 17.5 Å². The van der Waals surface area contributed by atoms with Crippen LogP contribution in [0.2, 0.25) is 8.67 Å². The first-order chi connectivity index (χ1) is 9.79. The minimum atomic E-state index is 0.0991. The van der Waals surface area contributed by atoms with Gasteiger partial charge in [-0.05, 0) is 29.5 Å². The average Bonchev–Trinajstić information content (AvgIpc) is 2.74. The molecule has 0 fully saturated rings. The lowest BCUT2D eigenvalue weighted by molar-refractivity contribution is 0.254. The summed E-state index contributed by atoms with van der Waals surface area (Å²) in [5.74, 6) is 0. The molecule has 0 aliphatic rings. The summed E-state index contributed by atoms with van der Waals surface area (Å²) in [5, 5.41) is 3.71. The van der Waals surface area contributed by atoms with Gasteiger partial charge >= 0.3 is 0 Å². The van der Waals surface area contributed by atoms with Crippen LogP contribution in [0, 0.1) is 5.41 Å². The Kier molecular flexibility index (Phi) is 5.37. The predicted octanol–water partition coefficient (Wildman–Crippen LogP) is 6.49. The molecule has 0 aliphatic heterocycles. The van der Waals surface area contributed by atoms with Crippen molar-refractivity contribution in [3.63, 3.8) is 0 Å². The SMILES string of the molecule is CC(NC(c1ccccc1)C(C)(C)C)c1cc(Cl)sc1Cl. The molecule has 2 rings (SSSR count). The standard InChI is InChI=1S/C17H21Cl2NS/c1-11(13-10-14(18)21-16(13)19)20-15(17(2,3)4)12-8-6-5-7-9-12/h5-11,15,20H,1-4H3. The van der Waals surface area contributed by atoms with Gasteiger partial charge in [-0.3, -0.25) is 0 Å². The Labute approximate surface area is 141 Å². The number of hydrogen-bond acceptors (Lipinski definition) is 2. The van der Waals surface area contributed by atoms with Crippen LogP contribution in [0.5, 0.6) is 0 Å². The van der Waals surface area contributed by atoms with Gasteiger partial charge in [0.1, 0.15) is 0 Å². The number of nitrogens with one attached hydrogen (secondary N) is 1. The summed E-state index contributed by atoms with van der Waals surface area (Å²) in [4.78, 5) is 0. The summed E-state index contributed by atoms with van der Waals surface area (Å²) in [6.07, 6.45) is 0. The van der Waals surface area contributed by atoms with Gasteiger partial charge in [-0.2, -0.15) is 0 Å². The normalized spacial score (nSPS) is 15.0. The molecule has 0 saturated carbocycles. The van der Waals surface area contributed by atoms with Gasteiger partial charge in [0.05, 0.1) is 8.67 Å². The molecule has 0 radical (unpaired) electrons. The van der Waals surface area contributed by atoms with Crippen LogP contribution in [0.25, 0.3) is 0 Å². The van der Waals surface area contributed by atoms with Crippen LogP contribution in [-0.2, 0) is 0 Å². The van der Waals surface area contributed by atoms with Gasteiger partial charge in [0.2, 0.25) is 0 Å². The maximum absolute atomic E-state index is 6.28. The lowest BCUT2D eigenvalue weighted by atomic mass is 9.82. The van der Waals surface area contributed by atoms with Crippen molar-refractivity contribution in [2.45, 2.75) is 39.8 Å². The molecule has 1 nitrogen and oxygen atoms in total. The first-order valence-corrected chi connectivity index (χ1v) is 8.62. The third-order valence-electron chi connectivity index (χ3n) is 3.57. The number of halogens is 2. The van der Waals surface area contributed by atoms with Crippen LogP contribution >= 0.6 is 34.5 Å². The Morgan fingerprint density at radius 1 is 1.10 bits per heavy atom. The summed E-state index contributed by atoms with van der Waals surface area (Å²) < 4.78 is 1.50. The molecular formula is C17H21Cl2NS. The Bertz CT molecular complexity index is 587. The highest BCUT2D eigenvalue weighted by molar-refractivity contribution is 7.20. The van der Waals surface area contributed by atoms with E-state index in [1.54, 1.807) is 0 Å². The van der Waals surface area contributed by atoms with Crippen molar-refractivity contribution in [3.8, 4) is 0 Å². The van der Waals surface area contributed by atoms with Gasteiger partial charge < -0.3 is 5.32 Å². The molecule has 2 aromatic rings. The summed E-state index contributed by atoms with van der Waals surface area (Å²) in [6, 6.07) is 12.9. The highest BCUT2D eigenvalue weighted by Gasteiger charge is 2.28. The number of rotatable bonds is 4. The second kappa shape index (κ2) is 6.70. The van der Waals surface area contributed by atoms with Crippen molar-refractivity contribution in [1.82, 2.24) is 5.32 Å². The second-order valence-corrected chi connectivity index (χ2v) is 8.66. The molecule has 0 amide bonds. The summed E-state index contributed by atoms with van der Waals surface area (Å²) >= 11 is 13.8. The first-order valence-electron chi connectivity index (χ1n) is 7.04. The summed E-state index contributed by atoms with van der Waals surface area (Å²) in [7, 11) is 0. The van der Waals surface area contributed by atoms with Crippen molar-refractivity contribution in [3.05, 3.63) is 56.2 Å². The molecule has 1 aromatic carbocycles. The predicted molar refractivity (Wildman–Crippen MR) is 94.5 cm³/mol. The van der Waals surface area contributed by atoms with Crippen LogP contribution in [-0.4, -0.2) is 0 Å². The molecule has 0 spiro atoms. The Morgan fingerprint density at radius 3 is 2.19 bits per heavy atom. The number of benzene rings is 1. The van der Waals surface area contributed by atoms with E-state index < -0.39 is 0 Å². The summed E-state index contributed by atoms with van der Waals surface area (Å²) in [6.45, 7) is 8.86. The Morgan fingerprint density at radius 2 is 1.71 bits per heavy atom. The zero-order valence-corrected chi connectivity index (χ0v) is 15.1. The van der Waals surface area contributed by atoms with E-state index in [9.17, 15) is 0 Å². The average molecular weight is 342 g/mol. The fourth-order valence-electron chi connectivity index (χ4n) is 2.48. The number of thiophene rings is 1. The molecule has 114 valence electrons. The molecule has 1 heterocycles. The van der Waals surface area contributed by atoms with Gasteiger partial charge in [0.15, 0.2) is 0 Å². The molecule has 0 saturated heterocycles. The molecule has 1 N–H and O–H groups in total. The molecule has 4 heteroatoms. The van der Waals surface area contributed by atoms with E-state index in [0.29, 0.717) is 0 Å². The van der Waals surface area contributed by atoms with Crippen LogP contribution in [0.15, 0.2) is 36.4 Å². The van der Waals surface area contributed by atoms with Crippen molar-refractivity contribution in [2.75, 3.05) is 0 Å². The van der Waals surface area contributed by atoms with E-state index >= 15 is 0 Å². The minimum absolute atomic E-state index is 0.0991. The van der Waals surface area contributed by atoms with Gasteiger partial charge in [-0.1, -0.05) is 74.3 Å². The lowest BCUT2D eigenvalue weighted by Crippen LogP contribution is -2.34. The zero-order chi connectivity index (χ0) is 15.6. The van der Waals surface area contributed by atoms with Gasteiger partial charge in [0.25, 0.3) is 0 Å². The quantitative estimate of drug-likeness (QED) is 0.669. The molecule has 2 unspecified atom stereocenters. The smallest absolute Gasteiger partial charge is 0.0991 e. The van der Waals surface area contributed by atoms with Gasteiger partial charge in [0, 0.05) is 12.1 Å². The van der Waals surface area contributed by atoms with Gasteiger partial charge in [-0.15, -0.1) is 11.3 Å². The van der Waals surface area contributed by atoms with E-state index in [4.69, 9.17) is 23.2 Å². The van der Waals surface area contributed by atoms with Gasteiger partial charge in [-0.25, -0.2) is 0 Å². The van der Waals surface area contributed by atoms with Crippen molar-refractivity contribution < 1.29 is 0 Å². The molecule has 0 bridgehead atoms. The zero-order valence-electron chi connectivity index (χ0n) is 12.8. The van der Waals surface area contributed by atoms with Crippen LogP contribution < -0.4 is 5.32 Å². The van der Waals surface area contributed by atoms with Crippen molar-refractivity contribution in [1.29, 1.82) is 0 Å². The highest BCUT2D eigenvalue weighted by atomic mass is 35.5. The summed E-state index contributed by atoms with van der Waals surface area (Å²) in [5.41, 5.74) is 2.45. The third kappa shape index (κ3) is 4.23. The van der Waals surface area contributed by atoms with E-state index in [1.807, 2.05) is 12.1 Å². The Hall–Kier alpha value is -0.540. The Balaban J connectivity index is 2.26. The van der Waals surface area contributed by atoms with E-state index in [0.717, 1.165) is 14.2 Å². The van der Waals surface area contributed by atoms with Crippen LogP contribution in [0.4, 0.5) is 0 Å². The number of hydrogen-bond donors (Lipinski definition) is 1. The fourth-order valence-corrected chi connectivity index (χ4v) is 4.13. The van der Waals surface area contributed by atoms with E-state index in [2.05, 4.69) is 57.3 Å². The van der Waals surface area contributed by atoms with E-state index in [1.165, 1.54) is 16.9 Å². The molecule has 2 atom stereocenters. The molecule has 1 aromatic heterocycles. The maximum atomic E-state index is 6.28. The van der Waals surface area contributed by atoms with Crippen molar-refractivity contribution in [2.24, 2.45) is 5.41 Å². The largest absolute Gasteiger partial charge is 0.303 e. The lowest BCUT2D eigenvalue weighted by Gasteiger charge is -2.34. The van der Waals surface area contributed by atoms with Crippen molar-refractivity contribution >= 4 is 34.5 Å². The monoisotopic (exact) mass is 341 g/mol. The minimum Gasteiger partial charge on any atom is -0.303 e. The fraction of sp³-hybridized carbons (Fsp3) is 0.412.